The fraction of sp³-hybridized carbons (Fsp3) is 0.556. The van der Waals surface area contributed by atoms with Crippen molar-refractivity contribution in [3.63, 3.8) is 0 Å². The number of anilines is 1. The van der Waals surface area contributed by atoms with E-state index in [-0.39, 0.29) is 5.91 Å². The van der Waals surface area contributed by atoms with Crippen LogP contribution in [0.2, 0.25) is 0 Å². The lowest BCUT2D eigenvalue weighted by molar-refractivity contribution is 0.0949. The lowest BCUT2D eigenvalue weighted by Gasteiger charge is -2.13. The van der Waals surface area contributed by atoms with E-state index in [9.17, 15) is 4.79 Å². The Hall–Kier alpha value is -1.84. The van der Waals surface area contributed by atoms with Crippen LogP contribution in [0.4, 0.5) is 5.82 Å². The van der Waals surface area contributed by atoms with Gasteiger partial charge in [-0.15, -0.1) is 0 Å². The SMILES string of the molecule is CC(C)CNC(=O)c1ccnc(NCCC2=CCCCC2)c1. The normalized spacial score (nSPS) is 14.6. The molecule has 22 heavy (non-hydrogen) atoms. The van der Waals surface area contributed by atoms with Crippen LogP contribution in [0.3, 0.4) is 0 Å². The number of hydrogen-bond donors (Lipinski definition) is 2. The standard InChI is InChI=1S/C18H27N3O/c1-14(2)13-21-18(22)16-9-11-20-17(12-16)19-10-8-15-6-4-3-5-7-15/h6,9,11-12,14H,3-5,7-8,10,13H2,1-2H3,(H,19,20)(H,21,22). The van der Waals surface area contributed by atoms with E-state index in [1.807, 2.05) is 6.07 Å². The Kier molecular flexibility index (Phi) is 6.44. The highest BCUT2D eigenvalue weighted by Gasteiger charge is 2.08. The zero-order valence-electron chi connectivity index (χ0n) is 13.7. The summed E-state index contributed by atoms with van der Waals surface area (Å²) >= 11 is 0. The molecule has 0 aliphatic heterocycles. The Morgan fingerprint density at radius 1 is 1.36 bits per heavy atom. The highest BCUT2D eigenvalue weighted by molar-refractivity contribution is 5.94. The first-order valence-corrected chi connectivity index (χ1v) is 8.31. The van der Waals surface area contributed by atoms with Gasteiger partial charge in [-0.1, -0.05) is 25.5 Å². The van der Waals surface area contributed by atoms with Gasteiger partial charge in [-0.25, -0.2) is 4.98 Å². The average Bonchev–Trinajstić information content (AvgIpc) is 2.54. The molecule has 1 heterocycles. The molecule has 0 spiro atoms. The van der Waals surface area contributed by atoms with Gasteiger partial charge in [0, 0.05) is 24.8 Å². The van der Waals surface area contributed by atoms with Crippen LogP contribution in [0.15, 0.2) is 30.0 Å². The quantitative estimate of drug-likeness (QED) is 0.754. The Labute approximate surface area is 133 Å². The summed E-state index contributed by atoms with van der Waals surface area (Å²) in [5.41, 5.74) is 2.21. The molecule has 0 saturated carbocycles. The fourth-order valence-electron chi connectivity index (χ4n) is 2.55. The monoisotopic (exact) mass is 301 g/mol. The molecule has 1 aliphatic carbocycles. The molecule has 0 radical (unpaired) electrons. The third kappa shape index (κ3) is 5.51. The van der Waals surface area contributed by atoms with Crippen molar-refractivity contribution in [1.82, 2.24) is 10.3 Å². The molecule has 1 aromatic heterocycles. The van der Waals surface area contributed by atoms with Crippen molar-refractivity contribution in [3.05, 3.63) is 35.5 Å². The van der Waals surface area contributed by atoms with E-state index in [0.717, 1.165) is 18.8 Å². The van der Waals surface area contributed by atoms with E-state index >= 15 is 0 Å². The summed E-state index contributed by atoms with van der Waals surface area (Å²) in [7, 11) is 0. The van der Waals surface area contributed by atoms with Gasteiger partial charge >= 0.3 is 0 Å². The topological polar surface area (TPSA) is 54.0 Å². The van der Waals surface area contributed by atoms with E-state index in [2.05, 4.69) is 35.5 Å². The highest BCUT2D eigenvalue weighted by Crippen LogP contribution is 2.20. The minimum absolute atomic E-state index is 0.0332. The second-order valence-corrected chi connectivity index (χ2v) is 6.32. The van der Waals surface area contributed by atoms with Gasteiger partial charge in [0.25, 0.3) is 5.91 Å². The lowest BCUT2D eigenvalue weighted by atomic mass is 9.97. The maximum atomic E-state index is 12.0. The predicted molar refractivity (Wildman–Crippen MR) is 91.1 cm³/mol. The Bertz CT molecular complexity index is 523. The van der Waals surface area contributed by atoms with Crippen LogP contribution in [0.25, 0.3) is 0 Å². The first-order valence-electron chi connectivity index (χ1n) is 8.31. The fourth-order valence-corrected chi connectivity index (χ4v) is 2.55. The highest BCUT2D eigenvalue weighted by atomic mass is 16.1. The molecule has 0 atom stereocenters. The minimum atomic E-state index is -0.0332. The maximum Gasteiger partial charge on any atom is 0.251 e. The summed E-state index contributed by atoms with van der Waals surface area (Å²) < 4.78 is 0. The number of pyridine rings is 1. The molecule has 120 valence electrons. The molecule has 1 aromatic rings. The van der Waals surface area contributed by atoms with Gasteiger partial charge in [0.15, 0.2) is 0 Å². The number of hydrogen-bond acceptors (Lipinski definition) is 3. The molecular weight excluding hydrogens is 274 g/mol. The van der Waals surface area contributed by atoms with Crippen LogP contribution in [0, 0.1) is 5.92 Å². The van der Waals surface area contributed by atoms with Crippen molar-refractivity contribution in [1.29, 1.82) is 0 Å². The van der Waals surface area contributed by atoms with Gasteiger partial charge in [-0.3, -0.25) is 4.79 Å². The lowest BCUT2D eigenvalue weighted by Crippen LogP contribution is -2.27. The number of amides is 1. The number of nitrogens with zero attached hydrogens (tertiary/aromatic N) is 1. The van der Waals surface area contributed by atoms with Crippen molar-refractivity contribution < 1.29 is 4.79 Å². The summed E-state index contributed by atoms with van der Waals surface area (Å²) in [6.45, 7) is 5.73. The molecule has 1 aliphatic rings. The summed E-state index contributed by atoms with van der Waals surface area (Å²) in [6, 6.07) is 3.58. The second-order valence-electron chi connectivity index (χ2n) is 6.32. The Morgan fingerprint density at radius 3 is 2.95 bits per heavy atom. The molecule has 2 N–H and O–H groups in total. The van der Waals surface area contributed by atoms with Crippen molar-refractivity contribution in [2.45, 2.75) is 46.0 Å². The number of nitrogens with one attached hydrogen (secondary N) is 2. The van der Waals surface area contributed by atoms with E-state index in [1.54, 1.807) is 17.8 Å². The Morgan fingerprint density at radius 2 is 2.23 bits per heavy atom. The molecule has 0 unspecified atom stereocenters. The summed E-state index contributed by atoms with van der Waals surface area (Å²) in [4.78, 5) is 16.3. The number of carbonyl (C=O) groups is 1. The van der Waals surface area contributed by atoms with Crippen LogP contribution in [-0.2, 0) is 0 Å². The van der Waals surface area contributed by atoms with Crippen molar-refractivity contribution in [2.75, 3.05) is 18.4 Å². The molecule has 4 nitrogen and oxygen atoms in total. The van der Waals surface area contributed by atoms with E-state index in [1.165, 1.54) is 25.7 Å². The first-order chi connectivity index (χ1) is 10.6. The van der Waals surface area contributed by atoms with E-state index in [4.69, 9.17) is 0 Å². The third-order valence-corrected chi connectivity index (χ3v) is 3.83. The average molecular weight is 301 g/mol. The minimum Gasteiger partial charge on any atom is -0.370 e. The third-order valence-electron chi connectivity index (χ3n) is 3.83. The maximum absolute atomic E-state index is 12.0. The molecular formula is C18H27N3O. The van der Waals surface area contributed by atoms with Gasteiger partial charge in [-0.2, -0.15) is 0 Å². The molecule has 1 amide bonds. The number of aromatic nitrogens is 1. The zero-order chi connectivity index (χ0) is 15.8. The van der Waals surface area contributed by atoms with Crippen LogP contribution < -0.4 is 10.6 Å². The van der Waals surface area contributed by atoms with Crippen LogP contribution in [0.1, 0.15) is 56.3 Å². The van der Waals surface area contributed by atoms with Gasteiger partial charge in [0.1, 0.15) is 5.82 Å². The first kappa shape index (κ1) is 16.5. The summed E-state index contributed by atoms with van der Waals surface area (Å²) in [5.74, 6) is 1.19. The summed E-state index contributed by atoms with van der Waals surface area (Å²) in [6.07, 6.45) is 10.2. The van der Waals surface area contributed by atoms with Gasteiger partial charge < -0.3 is 10.6 Å². The van der Waals surface area contributed by atoms with Crippen LogP contribution in [-0.4, -0.2) is 24.0 Å². The van der Waals surface area contributed by atoms with Crippen molar-refractivity contribution in [2.24, 2.45) is 5.92 Å². The molecule has 4 heteroatoms. The number of rotatable bonds is 7. The number of allylic oxidation sites excluding steroid dienone is 1. The van der Waals surface area contributed by atoms with Gasteiger partial charge in [0.05, 0.1) is 0 Å². The predicted octanol–water partition coefficient (Wildman–Crippen LogP) is 3.77. The molecule has 0 aromatic carbocycles. The van der Waals surface area contributed by atoms with Crippen molar-refractivity contribution >= 4 is 11.7 Å². The van der Waals surface area contributed by atoms with E-state index < -0.39 is 0 Å². The van der Waals surface area contributed by atoms with Crippen LogP contribution >= 0.6 is 0 Å². The second kappa shape index (κ2) is 8.57. The zero-order valence-corrected chi connectivity index (χ0v) is 13.7. The van der Waals surface area contributed by atoms with Gasteiger partial charge in [0.2, 0.25) is 0 Å². The molecule has 0 saturated heterocycles. The smallest absolute Gasteiger partial charge is 0.251 e. The Balaban J connectivity index is 1.82. The van der Waals surface area contributed by atoms with Gasteiger partial charge in [-0.05, 0) is 50.2 Å². The summed E-state index contributed by atoms with van der Waals surface area (Å²) in [5, 5.41) is 6.25. The number of carbonyl (C=O) groups excluding carboxylic acids is 1. The molecule has 2 rings (SSSR count). The van der Waals surface area contributed by atoms with Crippen LogP contribution in [0.5, 0.6) is 0 Å². The molecule has 0 bridgehead atoms. The van der Waals surface area contributed by atoms with Crippen molar-refractivity contribution in [3.8, 4) is 0 Å². The molecule has 0 fully saturated rings. The largest absolute Gasteiger partial charge is 0.370 e. The van der Waals surface area contributed by atoms with E-state index in [0.29, 0.717) is 18.0 Å².